The summed E-state index contributed by atoms with van der Waals surface area (Å²) in [7, 11) is 1.64. The number of hydrogen-bond acceptors (Lipinski definition) is 7. The normalized spacial score (nSPS) is 12.0. The average molecular weight is 324 g/mol. The molecule has 2 aromatic heterocycles. The molecule has 1 atom stereocenters. The second-order valence-corrected chi connectivity index (χ2v) is 5.43. The van der Waals surface area contributed by atoms with Gasteiger partial charge in [-0.05, 0) is 37.6 Å². The molecule has 2 N–H and O–H groups in total. The number of rotatable bonds is 6. The molecule has 0 radical (unpaired) electrons. The molecule has 7 nitrogen and oxygen atoms in total. The van der Waals surface area contributed by atoms with Crippen LogP contribution in [0.3, 0.4) is 0 Å². The third kappa shape index (κ3) is 3.51. The van der Waals surface area contributed by atoms with Crippen LogP contribution in [0.25, 0.3) is 11.2 Å². The molecular formula is C17H20N6O. The lowest BCUT2D eigenvalue weighted by molar-refractivity contribution is 0.415. The number of hydrogen-bond donors (Lipinski definition) is 2. The third-order valence-electron chi connectivity index (χ3n) is 3.67. The quantitative estimate of drug-likeness (QED) is 0.719. The van der Waals surface area contributed by atoms with Crippen molar-refractivity contribution >= 4 is 28.6 Å². The summed E-state index contributed by atoms with van der Waals surface area (Å²) in [6, 6.07) is 7.88. The Morgan fingerprint density at radius 3 is 2.54 bits per heavy atom. The SMILES string of the molecule is CCC(C)Nc1nc(Nc2ccc(OC)cc2)c2nccnc2n1. The van der Waals surface area contributed by atoms with Gasteiger partial charge < -0.3 is 15.4 Å². The van der Waals surface area contributed by atoms with E-state index in [1.165, 1.54) is 0 Å². The van der Waals surface area contributed by atoms with Crippen molar-refractivity contribution in [2.24, 2.45) is 0 Å². The van der Waals surface area contributed by atoms with Gasteiger partial charge in [0.05, 0.1) is 7.11 Å². The van der Waals surface area contributed by atoms with E-state index in [2.05, 4.69) is 44.4 Å². The Hall–Kier alpha value is -2.96. The first-order valence-electron chi connectivity index (χ1n) is 7.86. The molecule has 0 fully saturated rings. The maximum atomic E-state index is 5.18. The highest BCUT2D eigenvalue weighted by Gasteiger charge is 2.11. The minimum absolute atomic E-state index is 0.271. The minimum atomic E-state index is 0.271. The zero-order valence-electron chi connectivity index (χ0n) is 13.9. The van der Waals surface area contributed by atoms with Gasteiger partial charge in [-0.2, -0.15) is 9.97 Å². The summed E-state index contributed by atoms with van der Waals surface area (Å²) in [6.07, 6.45) is 4.23. The van der Waals surface area contributed by atoms with Crippen molar-refractivity contribution in [1.29, 1.82) is 0 Å². The Morgan fingerprint density at radius 1 is 1.08 bits per heavy atom. The van der Waals surface area contributed by atoms with Gasteiger partial charge in [0, 0.05) is 24.1 Å². The van der Waals surface area contributed by atoms with Crippen molar-refractivity contribution in [1.82, 2.24) is 19.9 Å². The van der Waals surface area contributed by atoms with Crippen molar-refractivity contribution in [3.05, 3.63) is 36.7 Å². The Bertz CT molecular complexity index is 821. The molecule has 3 rings (SSSR count). The molecule has 1 unspecified atom stereocenters. The van der Waals surface area contributed by atoms with E-state index < -0.39 is 0 Å². The van der Waals surface area contributed by atoms with Crippen LogP contribution in [0.1, 0.15) is 20.3 Å². The van der Waals surface area contributed by atoms with Crippen molar-refractivity contribution in [2.45, 2.75) is 26.3 Å². The lowest BCUT2D eigenvalue weighted by atomic mass is 10.3. The van der Waals surface area contributed by atoms with E-state index in [1.54, 1.807) is 19.5 Å². The molecular weight excluding hydrogens is 304 g/mol. The van der Waals surface area contributed by atoms with E-state index in [-0.39, 0.29) is 6.04 Å². The Labute approximate surface area is 140 Å². The molecule has 0 aliphatic carbocycles. The zero-order valence-corrected chi connectivity index (χ0v) is 13.9. The number of fused-ring (bicyclic) bond motifs is 1. The molecule has 1 aromatic carbocycles. The van der Waals surface area contributed by atoms with E-state index in [9.17, 15) is 0 Å². The first kappa shape index (κ1) is 15.9. The lowest BCUT2D eigenvalue weighted by Crippen LogP contribution is -2.16. The number of aromatic nitrogens is 4. The Kier molecular flexibility index (Phi) is 4.69. The summed E-state index contributed by atoms with van der Waals surface area (Å²) in [4.78, 5) is 17.6. The highest BCUT2D eigenvalue weighted by atomic mass is 16.5. The first-order valence-corrected chi connectivity index (χ1v) is 7.86. The minimum Gasteiger partial charge on any atom is -0.497 e. The lowest BCUT2D eigenvalue weighted by Gasteiger charge is -2.14. The molecule has 0 spiro atoms. The van der Waals surface area contributed by atoms with Crippen molar-refractivity contribution in [3.8, 4) is 5.75 Å². The van der Waals surface area contributed by atoms with Crippen molar-refractivity contribution in [2.75, 3.05) is 17.7 Å². The van der Waals surface area contributed by atoms with E-state index >= 15 is 0 Å². The fraction of sp³-hybridized carbons (Fsp3) is 0.294. The van der Waals surface area contributed by atoms with Crippen molar-refractivity contribution in [3.63, 3.8) is 0 Å². The van der Waals surface area contributed by atoms with Gasteiger partial charge in [0.15, 0.2) is 17.0 Å². The topological polar surface area (TPSA) is 84.9 Å². The number of nitrogens with one attached hydrogen (secondary N) is 2. The summed E-state index contributed by atoms with van der Waals surface area (Å²) in [5, 5.41) is 6.56. The molecule has 0 saturated carbocycles. The molecule has 124 valence electrons. The fourth-order valence-corrected chi connectivity index (χ4v) is 2.15. The van der Waals surface area contributed by atoms with Crippen LogP contribution in [0, 0.1) is 0 Å². The van der Waals surface area contributed by atoms with Crippen LogP contribution in [-0.4, -0.2) is 33.1 Å². The van der Waals surface area contributed by atoms with Gasteiger partial charge in [-0.15, -0.1) is 0 Å². The number of methoxy groups -OCH3 is 1. The van der Waals surface area contributed by atoms with Crippen molar-refractivity contribution < 1.29 is 4.74 Å². The van der Waals surface area contributed by atoms with Crippen LogP contribution in [0.15, 0.2) is 36.7 Å². The van der Waals surface area contributed by atoms with Crippen LogP contribution >= 0.6 is 0 Å². The number of nitrogens with zero attached hydrogens (tertiary/aromatic N) is 4. The molecule has 2 heterocycles. The highest BCUT2D eigenvalue weighted by molar-refractivity contribution is 5.85. The molecule has 0 aliphatic heterocycles. The van der Waals surface area contributed by atoms with Gasteiger partial charge in [0.2, 0.25) is 5.95 Å². The van der Waals surface area contributed by atoms with Gasteiger partial charge in [-0.3, -0.25) is 0 Å². The summed E-state index contributed by atoms with van der Waals surface area (Å²) in [5.74, 6) is 1.95. The van der Waals surface area contributed by atoms with Crippen LogP contribution in [0.4, 0.5) is 17.5 Å². The predicted molar refractivity (Wildman–Crippen MR) is 94.8 cm³/mol. The smallest absolute Gasteiger partial charge is 0.227 e. The second kappa shape index (κ2) is 7.08. The Morgan fingerprint density at radius 2 is 1.83 bits per heavy atom. The Balaban J connectivity index is 1.97. The molecule has 0 aliphatic rings. The van der Waals surface area contributed by atoms with E-state index in [4.69, 9.17) is 4.74 Å². The monoisotopic (exact) mass is 324 g/mol. The first-order chi connectivity index (χ1) is 11.7. The molecule has 3 aromatic rings. The fourth-order valence-electron chi connectivity index (χ4n) is 2.15. The van der Waals surface area contributed by atoms with Crippen LogP contribution in [0.5, 0.6) is 5.75 Å². The van der Waals surface area contributed by atoms with E-state index in [0.29, 0.717) is 22.9 Å². The molecule has 0 bridgehead atoms. The second-order valence-electron chi connectivity index (χ2n) is 5.43. The van der Waals surface area contributed by atoms with Gasteiger partial charge >= 0.3 is 0 Å². The maximum Gasteiger partial charge on any atom is 0.227 e. The van der Waals surface area contributed by atoms with Crippen LogP contribution in [-0.2, 0) is 0 Å². The predicted octanol–water partition coefficient (Wildman–Crippen LogP) is 3.38. The summed E-state index contributed by atoms with van der Waals surface area (Å²) < 4.78 is 5.18. The third-order valence-corrected chi connectivity index (χ3v) is 3.67. The molecule has 7 heteroatoms. The van der Waals surface area contributed by atoms with Gasteiger partial charge in [0.25, 0.3) is 0 Å². The molecule has 24 heavy (non-hydrogen) atoms. The summed E-state index contributed by atoms with van der Waals surface area (Å²) >= 11 is 0. The largest absolute Gasteiger partial charge is 0.497 e. The number of ether oxygens (including phenoxy) is 1. The van der Waals surface area contributed by atoms with Gasteiger partial charge in [0.1, 0.15) is 5.75 Å². The number of benzene rings is 1. The van der Waals surface area contributed by atoms with E-state index in [0.717, 1.165) is 17.9 Å². The number of anilines is 3. The highest BCUT2D eigenvalue weighted by Crippen LogP contribution is 2.24. The molecule has 0 amide bonds. The van der Waals surface area contributed by atoms with E-state index in [1.807, 2.05) is 24.3 Å². The summed E-state index contributed by atoms with van der Waals surface area (Å²) in [6.45, 7) is 4.19. The summed E-state index contributed by atoms with van der Waals surface area (Å²) in [5.41, 5.74) is 2.06. The maximum absolute atomic E-state index is 5.18. The van der Waals surface area contributed by atoms with Gasteiger partial charge in [-0.25, -0.2) is 9.97 Å². The standard InChI is InChI=1S/C17H20N6O/c1-4-11(2)20-17-22-15-14(18-9-10-19-15)16(23-17)21-12-5-7-13(24-3)8-6-12/h5-11H,4H2,1-3H3,(H2,19,20,21,22,23). The average Bonchev–Trinajstić information content (AvgIpc) is 2.62. The zero-order chi connectivity index (χ0) is 16.9. The molecule has 0 saturated heterocycles. The van der Waals surface area contributed by atoms with Gasteiger partial charge in [-0.1, -0.05) is 6.92 Å². The van der Waals surface area contributed by atoms with Crippen LogP contribution in [0.2, 0.25) is 0 Å². The van der Waals surface area contributed by atoms with Crippen LogP contribution < -0.4 is 15.4 Å².